The Morgan fingerprint density at radius 1 is 1.14 bits per heavy atom. The molecule has 0 bridgehead atoms. The average Bonchev–Trinajstić information content (AvgIpc) is 3.21. The number of fused-ring (bicyclic) bond motifs is 1. The van der Waals surface area contributed by atoms with Gasteiger partial charge in [-0.2, -0.15) is 0 Å². The second-order valence-electron chi connectivity index (χ2n) is 7.86. The van der Waals surface area contributed by atoms with Gasteiger partial charge in [-0.25, -0.2) is 0 Å². The fraction of sp³-hybridized carbons (Fsp3) is 0.435. The number of hydrogen-bond donors (Lipinski definition) is 1. The summed E-state index contributed by atoms with van der Waals surface area (Å²) < 4.78 is 5.84. The van der Waals surface area contributed by atoms with E-state index in [1.807, 2.05) is 41.3 Å². The molecule has 0 aliphatic carbocycles. The second kappa shape index (κ2) is 9.07. The maximum Gasteiger partial charge on any atom is 0.263 e. The van der Waals surface area contributed by atoms with Crippen LogP contribution in [-0.2, 0) is 22.6 Å². The van der Waals surface area contributed by atoms with Crippen molar-refractivity contribution in [3.05, 3.63) is 59.9 Å². The number of ether oxygens (including phenoxy) is 1. The molecule has 29 heavy (non-hydrogen) atoms. The van der Waals surface area contributed by atoms with Crippen LogP contribution in [0.5, 0.6) is 5.75 Å². The van der Waals surface area contributed by atoms with Gasteiger partial charge >= 0.3 is 0 Å². The lowest BCUT2D eigenvalue weighted by Crippen LogP contribution is -2.45. The molecule has 0 saturated carbocycles. The van der Waals surface area contributed by atoms with Crippen LogP contribution in [0.4, 0.5) is 0 Å². The number of pyridine rings is 1. The summed E-state index contributed by atoms with van der Waals surface area (Å²) in [6, 6.07) is 11.7. The molecule has 1 aromatic carbocycles. The Balaban J connectivity index is 1.16. The van der Waals surface area contributed by atoms with E-state index in [0.29, 0.717) is 25.3 Å². The molecule has 4 rings (SSSR count). The number of hydrogen-bond acceptors (Lipinski definition) is 4. The van der Waals surface area contributed by atoms with E-state index in [9.17, 15) is 9.59 Å². The molecule has 3 heterocycles. The standard InChI is InChI=1S/C23H27N3O3/c27-22(25-16-18-4-3-11-24-15-18)8-7-17-9-12-26(13-10-17)23(28)21-14-19-5-1-2-6-20(19)29-21/h1-6,11,15,17,21H,7-10,12-14,16H2,(H,25,27)/t21-/m0/s1. The highest BCUT2D eigenvalue weighted by molar-refractivity contribution is 5.82. The maximum absolute atomic E-state index is 12.8. The summed E-state index contributed by atoms with van der Waals surface area (Å²) in [5, 5.41) is 2.95. The van der Waals surface area contributed by atoms with Crippen molar-refractivity contribution in [2.24, 2.45) is 5.92 Å². The van der Waals surface area contributed by atoms with Gasteiger partial charge in [0.25, 0.3) is 5.91 Å². The van der Waals surface area contributed by atoms with Gasteiger partial charge in [0.2, 0.25) is 5.91 Å². The molecule has 1 aromatic heterocycles. The largest absolute Gasteiger partial charge is 0.480 e. The van der Waals surface area contributed by atoms with Gasteiger partial charge in [-0.15, -0.1) is 0 Å². The van der Waals surface area contributed by atoms with Gasteiger partial charge in [0.15, 0.2) is 6.10 Å². The molecule has 0 radical (unpaired) electrons. The smallest absolute Gasteiger partial charge is 0.263 e. The quantitative estimate of drug-likeness (QED) is 0.819. The molecule has 1 saturated heterocycles. The van der Waals surface area contributed by atoms with Crippen LogP contribution in [-0.4, -0.2) is 40.9 Å². The van der Waals surface area contributed by atoms with E-state index in [1.54, 1.807) is 12.4 Å². The van der Waals surface area contributed by atoms with Crippen LogP contribution in [0.25, 0.3) is 0 Å². The van der Waals surface area contributed by atoms with Gasteiger partial charge in [-0.05, 0) is 48.4 Å². The molecule has 6 heteroatoms. The zero-order chi connectivity index (χ0) is 20.1. The number of benzene rings is 1. The molecular weight excluding hydrogens is 366 g/mol. The number of piperidine rings is 1. The average molecular weight is 393 g/mol. The van der Waals surface area contributed by atoms with Crippen LogP contribution < -0.4 is 10.1 Å². The van der Waals surface area contributed by atoms with Gasteiger partial charge in [-0.3, -0.25) is 14.6 Å². The van der Waals surface area contributed by atoms with Crippen molar-refractivity contribution in [2.75, 3.05) is 13.1 Å². The number of amides is 2. The van der Waals surface area contributed by atoms with Crippen molar-refractivity contribution in [2.45, 2.75) is 44.8 Å². The van der Waals surface area contributed by atoms with Gasteiger partial charge in [-0.1, -0.05) is 24.3 Å². The highest BCUT2D eigenvalue weighted by atomic mass is 16.5. The number of carbonyl (C=O) groups excluding carboxylic acids is 2. The summed E-state index contributed by atoms with van der Waals surface area (Å²) in [5.74, 6) is 1.49. The lowest BCUT2D eigenvalue weighted by atomic mass is 9.91. The summed E-state index contributed by atoms with van der Waals surface area (Å²) in [4.78, 5) is 30.9. The third kappa shape index (κ3) is 4.94. The Morgan fingerprint density at radius 2 is 1.97 bits per heavy atom. The Labute approximate surface area is 171 Å². The summed E-state index contributed by atoms with van der Waals surface area (Å²) >= 11 is 0. The topological polar surface area (TPSA) is 71.5 Å². The number of likely N-dealkylation sites (tertiary alicyclic amines) is 1. The van der Waals surface area contributed by atoms with Crippen LogP contribution in [0.15, 0.2) is 48.8 Å². The molecule has 2 aliphatic rings. The van der Waals surface area contributed by atoms with Crippen LogP contribution in [0.1, 0.15) is 36.8 Å². The lowest BCUT2D eigenvalue weighted by Gasteiger charge is -2.33. The first-order valence-electron chi connectivity index (χ1n) is 10.4. The van der Waals surface area contributed by atoms with Crippen molar-refractivity contribution < 1.29 is 14.3 Å². The number of rotatable bonds is 6. The minimum atomic E-state index is -0.387. The van der Waals surface area contributed by atoms with E-state index >= 15 is 0 Å². The molecule has 2 amide bonds. The molecule has 2 aromatic rings. The summed E-state index contributed by atoms with van der Waals surface area (Å²) in [6.45, 7) is 2.01. The minimum Gasteiger partial charge on any atom is -0.480 e. The highest BCUT2D eigenvalue weighted by Crippen LogP contribution is 2.30. The molecule has 2 aliphatic heterocycles. The van der Waals surface area contributed by atoms with Crippen molar-refractivity contribution in [3.8, 4) is 5.75 Å². The number of para-hydroxylation sites is 1. The first-order chi connectivity index (χ1) is 14.2. The van der Waals surface area contributed by atoms with E-state index in [4.69, 9.17) is 4.74 Å². The van der Waals surface area contributed by atoms with E-state index < -0.39 is 0 Å². The number of nitrogens with one attached hydrogen (secondary N) is 1. The molecule has 1 fully saturated rings. The second-order valence-corrected chi connectivity index (χ2v) is 7.86. The van der Waals surface area contributed by atoms with Crippen molar-refractivity contribution in [3.63, 3.8) is 0 Å². The Bertz CT molecular complexity index is 822. The predicted molar refractivity (Wildman–Crippen MR) is 109 cm³/mol. The van der Waals surface area contributed by atoms with E-state index in [0.717, 1.165) is 49.2 Å². The predicted octanol–water partition coefficient (Wildman–Crippen LogP) is 2.72. The van der Waals surface area contributed by atoms with E-state index in [2.05, 4.69) is 10.3 Å². The number of aromatic nitrogens is 1. The summed E-state index contributed by atoms with van der Waals surface area (Å²) in [5.41, 5.74) is 2.11. The molecule has 152 valence electrons. The van der Waals surface area contributed by atoms with Crippen molar-refractivity contribution >= 4 is 11.8 Å². The van der Waals surface area contributed by atoms with Crippen LogP contribution in [0, 0.1) is 5.92 Å². The zero-order valence-electron chi connectivity index (χ0n) is 16.5. The van der Waals surface area contributed by atoms with Gasteiger partial charge in [0.1, 0.15) is 5.75 Å². The normalized spacial score (nSPS) is 18.8. The number of carbonyl (C=O) groups is 2. The minimum absolute atomic E-state index is 0.0736. The summed E-state index contributed by atoms with van der Waals surface area (Å²) in [6.07, 6.45) is 7.04. The monoisotopic (exact) mass is 393 g/mol. The molecular formula is C23H27N3O3. The van der Waals surface area contributed by atoms with Gasteiger partial charge < -0.3 is 15.0 Å². The fourth-order valence-electron chi connectivity index (χ4n) is 4.09. The molecule has 6 nitrogen and oxygen atoms in total. The van der Waals surface area contributed by atoms with Crippen molar-refractivity contribution in [1.29, 1.82) is 0 Å². The first kappa shape index (κ1) is 19.4. The Morgan fingerprint density at radius 3 is 2.72 bits per heavy atom. The van der Waals surface area contributed by atoms with Crippen LogP contribution in [0.2, 0.25) is 0 Å². The maximum atomic E-state index is 12.8. The Hall–Kier alpha value is -2.89. The third-order valence-electron chi connectivity index (χ3n) is 5.84. The first-order valence-corrected chi connectivity index (χ1v) is 10.4. The molecule has 0 unspecified atom stereocenters. The third-order valence-corrected chi connectivity index (χ3v) is 5.84. The zero-order valence-corrected chi connectivity index (χ0v) is 16.5. The van der Waals surface area contributed by atoms with Crippen LogP contribution in [0.3, 0.4) is 0 Å². The SMILES string of the molecule is O=C(CCC1CCN(C(=O)[C@@H]2Cc3ccccc3O2)CC1)NCc1cccnc1. The fourth-order valence-corrected chi connectivity index (χ4v) is 4.09. The molecule has 1 N–H and O–H groups in total. The van der Waals surface area contributed by atoms with Crippen LogP contribution >= 0.6 is 0 Å². The molecule has 1 atom stereocenters. The van der Waals surface area contributed by atoms with E-state index in [1.165, 1.54) is 0 Å². The van der Waals surface area contributed by atoms with E-state index in [-0.39, 0.29) is 17.9 Å². The highest BCUT2D eigenvalue weighted by Gasteiger charge is 2.33. The van der Waals surface area contributed by atoms with Crippen molar-refractivity contribution in [1.82, 2.24) is 15.2 Å². The Kier molecular flexibility index (Phi) is 6.08. The molecule has 0 spiro atoms. The van der Waals surface area contributed by atoms with Gasteiger partial charge in [0.05, 0.1) is 0 Å². The summed E-state index contributed by atoms with van der Waals surface area (Å²) in [7, 11) is 0. The lowest BCUT2D eigenvalue weighted by molar-refractivity contribution is -0.139. The van der Waals surface area contributed by atoms with Gasteiger partial charge in [0, 0.05) is 44.9 Å². The number of nitrogens with zero attached hydrogens (tertiary/aromatic N) is 2.